The SMILES string of the molecule is CCc1ccc(CCC(=O)N2CCN(C(=O)c3cccc(N(C)C)c3)CC2)cc1. The summed E-state index contributed by atoms with van der Waals surface area (Å²) in [6, 6.07) is 16.2. The Labute approximate surface area is 173 Å². The largest absolute Gasteiger partial charge is 0.378 e. The second kappa shape index (κ2) is 9.59. The predicted molar refractivity (Wildman–Crippen MR) is 117 cm³/mol. The van der Waals surface area contributed by atoms with Crippen molar-refractivity contribution in [1.29, 1.82) is 0 Å². The normalized spacial score (nSPS) is 14.0. The molecule has 0 spiro atoms. The van der Waals surface area contributed by atoms with E-state index in [1.165, 1.54) is 11.1 Å². The average molecular weight is 394 g/mol. The van der Waals surface area contributed by atoms with Crippen LogP contribution in [-0.4, -0.2) is 61.9 Å². The van der Waals surface area contributed by atoms with Gasteiger partial charge in [0.1, 0.15) is 0 Å². The second-order valence-corrected chi connectivity index (χ2v) is 7.79. The number of nitrogens with zero attached hydrogens (tertiary/aromatic N) is 3. The predicted octanol–water partition coefficient (Wildman–Crippen LogP) is 3.23. The molecule has 1 aliphatic heterocycles. The molecule has 0 aromatic heterocycles. The zero-order valence-corrected chi connectivity index (χ0v) is 17.7. The highest BCUT2D eigenvalue weighted by atomic mass is 16.2. The number of piperazine rings is 1. The summed E-state index contributed by atoms with van der Waals surface area (Å²) in [6.07, 6.45) is 2.31. The summed E-state index contributed by atoms with van der Waals surface area (Å²) >= 11 is 0. The van der Waals surface area contributed by atoms with Gasteiger partial charge in [0.2, 0.25) is 5.91 Å². The van der Waals surface area contributed by atoms with Gasteiger partial charge in [-0.25, -0.2) is 0 Å². The fraction of sp³-hybridized carbons (Fsp3) is 0.417. The van der Waals surface area contributed by atoms with Gasteiger partial charge in [-0.1, -0.05) is 37.3 Å². The summed E-state index contributed by atoms with van der Waals surface area (Å²) < 4.78 is 0. The third-order valence-corrected chi connectivity index (χ3v) is 5.59. The van der Waals surface area contributed by atoms with Gasteiger partial charge < -0.3 is 14.7 Å². The molecular formula is C24H31N3O2. The third kappa shape index (κ3) is 5.37. The van der Waals surface area contributed by atoms with Crippen LogP contribution in [0.5, 0.6) is 0 Å². The Morgan fingerprint density at radius 1 is 0.897 bits per heavy atom. The first-order chi connectivity index (χ1) is 14.0. The Bertz CT molecular complexity index is 837. The maximum atomic E-state index is 12.8. The van der Waals surface area contributed by atoms with E-state index < -0.39 is 0 Å². The van der Waals surface area contributed by atoms with E-state index in [0.717, 1.165) is 18.5 Å². The lowest BCUT2D eigenvalue weighted by Crippen LogP contribution is -2.50. The molecule has 1 heterocycles. The summed E-state index contributed by atoms with van der Waals surface area (Å²) in [6.45, 7) is 4.52. The summed E-state index contributed by atoms with van der Waals surface area (Å²) in [5.74, 6) is 0.211. The molecule has 0 radical (unpaired) electrons. The molecule has 5 heteroatoms. The number of hydrogen-bond acceptors (Lipinski definition) is 3. The smallest absolute Gasteiger partial charge is 0.254 e. The topological polar surface area (TPSA) is 43.9 Å². The Morgan fingerprint density at radius 3 is 2.14 bits per heavy atom. The van der Waals surface area contributed by atoms with Crippen LogP contribution in [0.3, 0.4) is 0 Å². The number of carbonyl (C=O) groups is 2. The van der Waals surface area contributed by atoms with Gasteiger partial charge in [0.25, 0.3) is 5.91 Å². The minimum atomic E-state index is 0.0387. The number of carbonyl (C=O) groups excluding carboxylic acids is 2. The van der Waals surface area contributed by atoms with E-state index in [2.05, 4.69) is 31.2 Å². The average Bonchev–Trinajstić information content (AvgIpc) is 2.77. The molecule has 0 aliphatic carbocycles. The zero-order chi connectivity index (χ0) is 20.8. The molecule has 0 atom stereocenters. The van der Waals surface area contributed by atoms with Crippen molar-refractivity contribution in [3.05, 3.63) is 65.2 Å². The van der Waals surface area contributed by atoms with Crippen molar-refractivity contribution in [2.75, 3.05) is 45.2 Å². The fourth-order valence-electron chi connectivity index (χ4n) is 3.61. The lowest BCUT2D eigenvalue weighted by Gasteiger charge is -2.35. The first-order valence-corrected chi connectivity index (χ1v) is 10.4. The molecule has 29 heavy (non-hydrogen) atoms. The number of amides is 2. The van der Waals surface area contributed by atoms with Gasteiger partial charge >= 0.3 is 0 Å². The quantitative estimate of drug-likeness (QED) is 0.757. The van der Waals surface area contributed by atoms with Crippen molar-refractivity contribution in [3.8, 4) is 0 Å². The Kier molecular flexibility index (Phi) is 6.91. The Morgan fingerprint density at radius 2 is 1.52 bits per heavy atom. The standard InChI is InChI=1S/C24H31N3O2/c1-4-19-8-10-20(11-9-19)12-13-23(28)26-14-16-27(17-15-26)24(29)21-6-5-7-22(18-21)25(2)3/h5-11,18H,4,12-17H2,1-3H3. The maximum Gasteiger partial charge on any atom is 0.254 e. The first kappa shape index (κ1) is 20.9. The summed E-state index contributed by atoms with van der Waals surface area (Å²) in [5.41, 5.74) is 4.23. The molecule has 2 aromatic rings. The molecule has 2 amide bonds. The number of aryl methyl sites for hydroxylation is 2. The van der Waals surface area contributed by atoms with E-state index in [1.54, 1.807) is 0 Å². The van der Waals surface area contributed by atoms with Gasteiger partial charge in [-0.05, 0) is 42.2 Å². The molecule has 1 fully saturated rings. The summed E-state index contributed by atoms with van der Waals surface area (Å²) in [4.78, 5) is 31.1. The van der Waals surface area contributed by atoms with Crippen LogP contribution < -0.4 is 4.90 Å². The van der Waals surface area contributed by atoms with Gasteiger partial charge in [0.05, 0.1) is 0 Å². The molecule has 2 aromatic carbocycles. The van der Waals surface area contributed by atoms with Crippen molar-refractivity contribution in [1.82, 2.24) is 9.80 Å². The van der Waals surface area contributed by atoms with Crippen molar-refractivity contribution in [2.45, 2.75) is 26.2 Å². The van der Waals surface area contributed by atoms with Crippen LogP contribution in [0.25, 0.3) is 0 Å². The highest BCUT2D eigenvalue weighted by Gasteiger charge is 2.24. The monoisotopic (exact) mass is 393 g/mol. The van der Waals surface area contributed by atoms with Gasteiger partial charge in [-0.15, -0.1) is 0 Å². The number of rotatable bonds is 6. The summed E-state index contributed by atoms with van der Waals surface area (Å²) in [5, 5.41) is 0. The number of hydrogen-bond donors (Lipinski definition) is 0. The van der Waals surface area contributed by atoms with Gasteiger partial charge in [-0.3, -0.25) is 9.59 Å². The van der Waals surface area contributed by atoms with Crippen molar-refractivity contribution in [3.63, 3.8) is 0 Å². The zero-order valence-electron chi connectivity index (χ0n) is 17.7. The van der Waals surface area contributed by atoms with Crippen LogP contribution in [0.2, 0.25) is 0 Å². The lowest BCUT2D eigenvalue weighted by molar-refractivity contribution is -0.132. The van der Waals surface area contributed by atoms with Crippen LogP contribution in [0.4, 0.5) is 5.69 Å². The second-order valence-electron chi connectivity index (χ2n) is 7.79. The molecular weight excluding hydrogens is 362 g/mol. The minimum Gasteiger partial charge on any atom is -0.378 e. The van der Waals surface area contributed by atoms with Gasteiger partial charge in [0.15, 0.2) is 0 Å². The molecule has 1 saturated heterocycles. The van der Waals surface area contributed by atoms with Crippen molar-refractivity contribution < 1.29 is 9.59 Å². The molecule has 0 saturated carbocycles. The minimum absolute atomic E-state index is 0.0387. The van der Waals surface area contributed by atoms with Crippen LogP contribution in [0.1, 0.15) is 34.8 Å². The molecule has 0 N–H and O–H groups in total. The van der Waals surface area contributed by atoms with Crippen LogP contribution in [0, 0.1) is 0 Å². The van der Waals surface area contributed by atoms with Crippen LogP contribution in [0.15, 0.2) is 48.5 Å². The van der Waals surface area contributed by atoms with E-state index in [1.807, 2.05) is 53.1 Å². The molecule has 0 bridgehead atoms. The summed E-state index contributed by atoms with van der Waals surface area (Å²) in [7, 11) is 3.93. The highest BCUT2D eigenvalue weighted by Crippen LogP contribution is 2.16. The number of benzene rings is 2. The van der Waals surface area contributed by atoms with E-state index in [-0.39, 0.29) is 11.8 Å². The van der Waals surface area contributed by atoms with E-state index >= 15 is 0 Å². The van der Waals surface area contributed by atoms with E-state index in [4.69, 9.17) is 0 Å². The van der Waals surface area contributed by atoms with E-state index in [9.17, 15) is 9.59 Å². The Balaban J connectivity index is 1.49. The van der Waals surface area contributed by atoms with Gasteiger partial charge in [0, 0.05) is 57.9 Å². The third-order valence-electron chi connectivity index (χ3n) is 5.59. The first-order valence-electron chi connectivity index (χ1n) is 10.4. The maximum absolute atomic E-state index is 12.8. The Hall–Kier alpha value is -2.82. The highest BCUT2D eigenvalue weighted by molar-refractivity contribution is 5.95. The fourth-order valence-corrected chi connectivity index (χ4v) is 3.61. The molecule has 1 aliphatic rings. The number of anilines is 1. The molecule has 5 nitrogen and oxygen atoms in total. The molecule has 3 rings (SSSR count). The van der Waals surface area contributed by atoms with Gasteiger partial charge in [-0.2, -0.15) is 0 Å². The van der Waals surface area contributed by atoms with Crippen molar-refractivity contribution >= 4 is 17.5 Å². The van der Waals surface area contributed by atoms with E-state index in [0.29, 0.717) is 38.2 Å². The van der Waals surface area contributed by atoms with Crippen molar-refractivity contribution in [2.24, 2.45) is 0 Å². The molecule has 0 unspecified atom stereocenters. The van der Waals surface area contributed by atoms with Crippen LogP contribution in [-0.2, 0) is 17.6 Å². The molecule has 154 valence electrons. The van der Waals surface area contributed by atoms with Crippen LogP contribution >= 0.6 is 0 Å². The lowest BCUT2D eigenvalue weighted by atomic mass is 10.1.